The third kappa shape index (κ3) is 4.18. The summed E-state index contributed by atoms with van der Waals surface area (Å²) >= 11 is 0. The molecule has 0 saturated carbocycles. The zero-order chi connectivity index (χ0) is 18.5. The number of anilines is 1. The molecule has 26 heavy (non-hydrogen) atoms. The van der Waals surface area contributed by atoms with Crippen LogP contribution in [0.4, 0.5) is 5.69 Å². The van der Waals surface area contributed by atoms with Crippen LogP contribution in [0.2, 0.25) is 0 Å². The Hall–Kier alpha value is -2.92. The predicted molar refractivity (Wildman–Crippen MR) is 104 cm³/mol. The van der Waals surface area contributed by atoms with Gasteiger partial charge in [-0.25, -0.2) is 4.98 Å². The normalized spacial score (nSPS) is 12.0. The average Bonchev–Trinajstić information content (AvgIpc) is 3.07. The first-order valence-corrected chi connectivity index (χ1v) is 8.74. The largest absolute Gasteiger partial charge is 0.325 e. The zero-order valence-electron chi connectivity index (χ0n) is 15.4. The number of rotatable bonds is 6. The molecule has 0 radical (unpaired) electrons. The Balaban J connectivity index is 1.64. The second kappa shape index (κ2) is 7.97. The maximum atomic E-state index is 12.4. The van der Waals surface area contributed by atoms with Gasteiger partial charge in [0.05, 0.1) is 11.7 Å². The summed E-state index contributed by atoms with van der Waals surface area (Å²) in [6.07, 6.45) is 3.74. The van der Waals surface area contributed by atoms with Crippen molar-refractivity contribution in [2.75, 3.05) is 5.32 Å². The molecule has 0 bridgehead atoms. The molecule has 1 heterocycles. The van der Waals surface area contributed by atoms with E-state index < -0.39 is 0 Å². The number of aromatic nitrogens is 2. The Kier molecular flexibility index (Phi) is 5.49. The van der Waals surface area contributed by atoms with Gasteiger partial charge in [-0.1, -0.05) is 35.9 Å². The van der Waals surface area contributed by atoms with Gasteiger partial charge in [0.15, 0.2) is 0 Å². The minimum absolute atomic E-state index is 0.0508. The maximum absolute atomic E-state index is 12.4. The van der Waals surface area contributed by atoms with Crippen molar-refractivity contribution in [1.82, 2.24) is 14.9 Å². The molecule has 2 N–H and O–H groups in total. The van der Waals surface area contributed by atoms with E-state index in [1.807, 2.05) is 67.9 Å². The van der Waals surface area contributed by atoms with Crippen molar-refractivity contribution in [2.24, 2.45) is 0 Å². The summed E-state index contributed by atoms with van der Waals surface area (Å²) in [6, 6.07) is 15.6. The van der Waals surface area contributed by atoms with Crippen LogP contribution in [0, 0.1) is 13.8 Å². The van der Waals surface area contributed by atoms with E-state index in [0.29, 0.717) is 6.54 Å². The summed E-state index contributed by atoms with van der Waals surface area (Å²) < 4.78 is 2.05. The highest BCUT2D eigenvalue weighted by molar-refractivity contribution is 5.94. The molecule has 1 atom stereocenters. The zero-order valence-corrected chi connectivity index (χ0v) is 15.4. The Labute approximate surface area is 154 Å². The van der Waals surface area contributed by atoms with Crippen LogP contribution in [-0.4, -0.2) is 21.5 Å². The topological polar surface area (TPSA) is 59.0 Å². The number of imidazole rings is 1. The summed E-state index contributed by atoms with van der Waals surface area (Å²) in [6.45, 7) is 6.46. The fraction of sp³-hybridized carbons (Fsp3) is 0.238. The Morgan fingerprint density at radius 2 is 1.85 bits per heavy atom. The van der Waals surface area contributed by atoms with Gasteiger partial charge in [0.2, 0.25) is 5.91 Å². The Morgan fingerprint density at radius 3 is 2.54 bits per heavy atom. The van der Waals surface area contributed by atoms with Crippen molar-refractivity contribution in [3.63, 3.8) is 0 Å². The summed E-state index contributed by atoms with van der Waals surface area (Å²) in [4.78, 5) is 16.7. The average molecular weight is 348 g/mol. The minimum Gasteiger partial charge on any atom is -0.325 e. The molecule has 0 saturated heterocycles. The van der Waals surface area contributed by atoms with Crippen LogP contribution in [0.15, 0.2) is 60.9 Å². The lowest BCUT2D eigenvalue weighted by Crippen LogP contribution is -2.37. The Morgan fingerprint density at radius 1 is 1.12 bits per heavy atom. The number of nitrogens with zero attached hydrogens (tertiary/aromatic N) is 2. The number of para-hydroxylation sites is 1. The van der Waals surface area contributed by atoms with Crippen LogP contribution in [0.3, 0.4) is 0 Å². The molecule has 3 rings (SSSR count). The predicted octanol–water partition coefficient (Wildman–Crippen LogP) is 3.61. The van der Waals surface area contributed by atoms with Gasteiger partial charge in [-0.15, -0.1) is 0 Å². The first kappa shape index (κ1) is 17.9. The maximum Gasteiger partial charge on any atom is 0.241 e. The van der Waals surface area contributed by atoms with Gasteiger partial charge in [0, 0.05) is 24.6 Å². The van der Waals surface area contributed by atoms with Crippen molar-refractivity contribution in [1.29, 1.82) is 0 Å². The van der Waals surface area contributed by atoms with Gasteiger partial charge in [-0.3, -0.25) is 4.79 Å². The molecule has 1 amide bonds. The van der Waals surface area contributed by atoms with E-state index in [-0.39, 0.29) is 11.9 Å². The van der Waals surface area contributed by atoms with Crippen LogP contribution in [0.25, 0.3) is 5.69 Å². The number of nitrogens with one attached hydrogen (secondary N) is 2. The molecule has 2 aromatic carbocycles. The van der Waals surface area contributed by atoms with Gasteiger partial charge in [-0.05, 0) is 44.5 Å². The molecule has 1 aromatic heterocycles. The van der Waals surface area contributed by atoms with Crippen LogP contribution < -0.4 is 10.6 Å². The molecule has 134 valence electrons. The third-order valence-corrected chi connectivity index (χ3v) is 4.39. The number of benzene rings is 2. The highest BCUT2D eigenvalue weighted by atomic mass is 16.2. The molecule has 0 aliphatic heterocycles. The second-order valence-corrected chi connectivity index (χ2v) is 6.43. The molecule has 0 aliphatic rings. The molecule has 0 fully saturated rings. The monoisotopic (exact) mass is 348 g/mol. The van der Waals surface area contributed by atoms with Gasteiger partial charge < -0.3 is 15.2 Å². The first-order chi connectivity index (χ1) is 12.5. The number of carbonyl (C=O) groups is 1. The summed E-state index contributed by atoms with van der Waals surface area (Å²) in [5, 5.41) is 6.25. The van der Waals surface area contributed by atoms with Crippen molar-refractivity contribution in [2.45, 2.75) is 33.4 Å². The molecule has 5 nitrogen and oxygen atoms in total. The Bertz CT molecular complexity index is 883. The van der Waals surface area contributed by atoms with Crippen LogP contribution in [0.1, 0.15) is 23.9 Å². The minimum atomic E-state index is -0.312. The number of amides is 1. The van der Waals surface area contributed by atoms with Crippen molar-refractivity contribution >= 4 is 11.6 Å². The number of carbonyl (C=O) groups excluding carboxylic acids is 1. The molecular weight excluding hydrogens is 324 g/mol. The van der Waals surface area contributed by atoms with E-state index >= 15 is 0 Å². The molecule has 5 heteroatoms. The third-order valence-electron chi connectivity index (χ3n) is 4.39. The quantitative estimate of drug-likeness (QED) is 0.715. The van der Waals surface area contributed by atoms with Crippen LogP contribution in [0.5, 0.6) is 0 Å². The summed E-state index contributed by atoms with van der Waals surface area (Å²) in [5.74, 6) is 0.882. The van der Waals surface area contributed by atoms with Crippen molar-refractivity contribution in [3.05, 3.63) is 77.9 Å². The summed E-state index contributed by atoms with van der Waals surface area (Å²) in [5.41, 5.74) is 4.16. The second-order valence-electron chi connectivity index (χ2n) is 6.43. The fourth-order valence-corrected chi connectivity index (χ4v) is 2.77. The van der Waals surface area contributed by atoms with E-state index in [0.717, 1.165) is 22.8 Å². The van der Waals surface area contributed by atoms with E-state index in [9.17, 15) is 4.79 Å². The van der Waals surface area contributed by atoms with E-state index in [4.69, 9.17) is 0 Å². The lowest BCUT2D eigenvalue weighted by Gasteiger charge is -2.17. The summed E-state index contributed by atoms with van der Waals surface area (Å²) in [7, 11) is 0. The van der Waals surface area contributed by atoms with Gasteiger partial charge in [-0.2, -0.15) is 0 Å². The van der Waals surface area contributed by atoms with Crippen molar-refractivity contribution in [3.8, 4) is 5.69 Å². The smallest absolute Gasteiger partial charge is 0.241 e. The van der Waals surface area contributed by atoms with Crippen LogP contribution >= 0.6 is 0 Å². The van der Waals surface area contributed by atoms with Crippen molar-refractivity contribution < 1.29 is 4.79 Å². The molecular formula is C21H24N4O. The first-order valence-electron chi connectivity index (χ1n) is 8.74. The number of hydrogen-bond acceptors (Lipinski definition) is 3. The highest BCUT2D eigenvalue weighted by Crippen LogP contribution is 2.16. The molecule has 0 aliphatic carbocycles. The molecule has 3 aromatic rings. The molecule has 0 unspecified atom stereocenters. The number of hydrogen-bond donors (Lipinski definition) is 2. The fourth-order valence-electron chi connectivity index (χ4n) is 2.77. The SMILES string of the molecule is Cc1ccc(NC(=O)[C@H](C)NCc2ccccc2-n2ccnc2C)cc1. The van der Waals surface area contributed by atoms with E-state index in [1.54, 1.807) is 6.20 Å². The number of aryl methyl sites for hydroxylation is 2. The van der Waals surface area contributed by atoms with Gasteiger partial charge >= 0.3 is 0 Å². The van der Waals surface area contributed by atoms with Gasteiger partial charge in [0.25, 0.3) is 0 Å². The van der Waals surface area contributed by atoms with E-state index in [1.165, 1.54) is 5.56 Å². The van der Waals surface area contributed by atoms with Crippen LogP contribution in [-0.2, 0) is 11.3 Å². The van der Waals surface area contributed by atoms with E-state index in [2.05, 4.69) is 27.8 Å². The molecule has 0 spiro atoms. The standard InChI is InChI=1S/C21H24N4O/c1-15-8-10-19(11-9-15)24-21(26)16(2)23-14-18-6-4-5-7-20(18)25-13-12-22-17(25)3/h4-13,16,23H,14H2,1-3H3,(H,24,26)/t16-/m0/s1. The van der Waals surface area contributed by atoms with Gasteiger partial charge in [0.1, 0.15) is 5.82 Å². The lowest BCUT2D eigenvalue weighted by molar-refractivity contribution is -0.117. The highest BCUT2D eigenvalue weighted by Gasteiger charge is 2.14. The lowest BCUT2D eigenvalue weighted by atomic mass is 10.1.